The summed E-state index contributed by atoms with van der Waals surface area (Å²) in [7, 11) is 1.39. The molecule has 0 heterocycles. The predicted octanol–water partition coefficient (Wildman–Crippen LogP) is 2.65. The second kappa shape index (κ2) is 6.21. The summed E-state index contributed by atoms with van der Waals surface area (Å²) in [5, 5.41) is 0. The van der Waals surface area contributed by atoms with Gasteiger partial charge >= 0.3 is 6.18 Å². The molecule has 3 nitrogen and oxygen atoms in total. The van der Waals surface area contributed by atoms with E-state index >= 15 is 0 Å². The maximum atomic E-state index is 13.5. The third-order valence-corrected chi connectivity index (χ3v) is 2.79. The van der Waals surface area contributed by atoms with E-state index in [1.807, 2.05) is 0 Å². The summed E-state index contributed by atoms with van der Waals surface area (Å²) in [6.45, 7) is 1.98. The lowest BCUT2D eigenvalue weighted by molar-refractivity contribution is -0.137. The van der Waals surface area contributed by atoms with Crippen molar-refractivity contribution in [3.8, 4) is 0 Å². The predicted molar refractivity (Wildman–Crippen MR) is 66.6 cm³/mol. The summed E-state index contributed by atoms with van der Waals surface area (Å²) in [5.74, 6) is -1.77. The SMILES string of the molecule is CC(N)CCN(C)C(=O)c1cc(C(F)(F)F)ccc1F. The van der Waals surface area contributed by atoms with E-state index in [1.54, 1.807) is 6.92 Å². The van der Waals surface area contributed by atoms with Gasteiger partial charge in [0, 0.05) is 19.6 Å². The van der Waals surface area contributed by atoms with Crippen molar-refractivity contribution in [2.24, 2.45) is 5.73 Å². The van der Waals surface area contributed by atoms with E-state index in [9.17, 15) is 22.4 Å². The Balaban J connectivity index is 2.97. The highest BCUT2D eigenvalue weighted by atomic mass is 19.4. The van der Waals surface area contributed by atoms with Crippen LogP contribution in [0.15, 0.2) is 18.2 Å². The lowest BCUT2D eigenvalue weighted by Crippen LogP contribution is -2.32. The average Bonchev–Trinajstić information content (AvgIpc) is 2.34. The number of nitrogens with zero attached hydrogens (tertiary/aromatic N) is 1. The van der Waals surface area contributed by atoms with Crippen molar-refractivity contribution in [1.29, 1.82) is 0 Å². The highest BCUT2D eigenvalue weighted by Crippen LogP contribution is 2.30. The first kappa shape index (κ1) is 16.4. The molecule has 1 amide bonds. The molecule has 1 rings (SSSR count). The quantitative estimate of drug-likeness (QED) is 0.867. The zero-order valence-electron chi connectivity index (χ0n) is 11.2. The summed E-state index contributed by atoms with van der Waals surface area (Å²) < 4.78 is 51.2. The number of nitrogens with two attached hydrogens (primary N) is 1. The van der Waals surface area contributed by atoms with Crippen LogP contribution in [-0.2, 0) is 6.18 Å². The fourth-order valence-corrected chi connectivity index (χ4v) is 1.57. The van der Waals surface area contributed by atoms with E-state index in [-0.39, 0.29) is 12.6 Å². The smallest absolute Gasteiger partial charge is 0.342 e. The fourth-order valence-electron chi connectivity index (χ4n) is 1.57. The van der Waals surface area contributed by atoms with Crippen LogP contribution >= 0.6 is 0 Å². The molecule has 0 saturated heterocycles. The number of carbonyl (C=O) groups excluding carboxylic acids is 1. The van der Waals surface area contributed by atoms with E-state index in [0.29, 0.717) is 24.6 Å². The van der Waals surface area contributed by atoms with E-state index in [2.05, 4.69) is 0 Å². The molecule has 0 aliphatic heterocycles. The van der Waals surface area contributed by atoms with E-state index in [1.165, 1.54) is 7.05 Å². The topological polar surface area (TPSA) is 46.3 Å². The van der Waals surface area contributed by atoms with Crippen molar-refractivity contribution < 1.29 is 22.4 Å². The lowest BCUT2D eigenvalue weighted by atomic mass is 10.1. The Hall–Kier alpha value is -1.63. The Kier molecular flexibility index (Phi) is 5.10. The van der Waals surface area contributed by atoms with Crippen LogP contribution in [0, 0.1) is 5.82 Å². The van der Waals surface area contributed by atoms with Crippen molar-refractivity contribution in [3.05, 3.63) is 35.1 Å². The summed E-state index contributed by atoms with van der Waals surface area (Å²) >= 11 is 0. The van der Waals surface area contributed by atoms with Gasteiger partial charge in [0.15, 0.2) is 0 Å². The maximum Gasteiger partial charge on any atom is 0.416 e. The van der Waals surface area contributed by atoms with Crippen LogP contribution in [-0.4, -0.2) is 30.4 Å². The summed E-state index contributed by atoms with van der Waals surface area (Å²) in [6.07, 6.45) is -4.14. The second-order valence-electron chi connectivity index (χ2n) is 4.69. The number of halogens is 4. The van der Waals surface area contributed by atoms with Gasteiger partial charge in [-0.3, -0.25) is 4.79 Å². The molecule has 112 valence electrons. The van der Waals surface area contributed by atoms with Crippen LogP contribution in [0.2, 0.25) is 0 Å². The Morgan fingerprint density at radius 3 is 2.50 bits per heavy atom. The molecule has 0 spiro atoms. The van der Waals surface area contributed by atoms with Gasteiger partial charge < -0.3 is 10.6 Å². The minimum atomic E-state index is -4.62. The molecule has 0 bridgehead atoms. The van der Waals surface area contributed by atoms with Gasteiger partial charge in [-0.05, 0) is 31.5 Å². The Labute approximate surface area is 114 Å². The molecule has 2 N–H and O–H groups in total. The highest BCUT2D eigenvalue weighted by molar-refractivity contribution is 5.94. The molecule has 1 atom stereocenters. The molecule has 0 saturated carbocycles. The number of hydrogen-bond donors (Lipinski definition) is 1. The normalized spacial score (nSPS) is 13.2. The van der Waals surface area contributed by atoms with Crippen LogP contribution < -0.4 is 5.73 Å². The Morgan fingerprint density at radius 2 is 2.00 bits per heavy atom. The zero-order valence-corrected chi connectivity index (χ0v) is 11.2. The van der Waals surface area contributed by atoms with Crippen LogP contribution in [0.3, 0.4) is 0 Å². The zero-order chi connectivity index (χ0) is 15.5. The highest BCUT2D eigenvalue weighted by Gasteiger charge is 2.32. The first-order valence-electron chi connectivity index (χ1n) is 6.00. The number of benzene rings is 1. The standard InChI is InChI=1S/C13H16F4N2O/c1-8(18)5-6-19(2)12(20)10-7-9(13(15,16)17)3-4-11(10)14/h3-4,7-8H,5-6,18H2,1-2H3. The number of rotatable bonds is 4. The number of alkyl halides is 3. The molecule has 1 unspecified atom stereocenters. The molecular weight excluding hydrogens is 276 g/mol. The van der Waals surface area contributed by atoms with E-state index in [0.717, 1.165) is 4.90 Å². The summed E-state index contributed by atoms with van der Waals surface area (Å²) in [6, 6.07) is 1.63. The molecule has 0 aliphatic rings. The fraction of sp³-hybridized carbons (Fsp3) is 0.462. The largest absolute Gasteiger partial charge is 0.416 e. The van der Waals surface area contributed by atoms with Crippen LogP contribution in [0.4, 0.5) is 17.6 Å². The number of amides is 1. The van der Waals surface area contributed by atoms with Crippen molar-refractivity contribution in [2.75, 3.05) is 13.6 Å². The Bertz CT molecular complexity index is 486. The molecule has 1 aromatic carbocycles. The van der Waals surface area contributed by atoms with Crippen molar-refractivity contribution in [1.82, 2.24) is 4.90 Å². The van der Waals surface area contributed by atoms with Gasteiger partial charge in [-0.15, -0.1) is 0 Å². The van der Waals surface area contributed by atoms with Gasteiger partial charge in [0.2, 0.25) is 0 Å². The van der Waals surface area contributed by atoms with E-state index in [4.69, 9.17) is 5.73 Å². The molecular formula is C13H16F4N2O. The molecule has 0 radical (unpaired) electrons. The second-order valence-corrected chi connectivity index (χ2v) is 4.69. The maximum absolute atomic E-state index is 13.5. The third kappa shape index (κ3) is 4.19. The molecule has 0 aromatic heterocycles. The van der Waals surface area contributed by atoms with Gasteiger partial charge in [0.1, 0.15) is 5.82 Å². The van der Waals surface area contributed by atoms with Crippen LogP contribution in [0.1, 0.15) is 29.3 Å². The number of carbonyl (C=O) groups is 1. The van der Waals surface area contributed by atoms with Gasteiger partial charge in [0.25, 0.3) is 5.91 Å². The van der Waals surface area contributed by atoms with Crippen LogP contribution in [0.5, 0.6) is 0 Å². The van der Waals surface area contributed by atoms with E-state index < -0.39 is 29.0 Å². The summed E-state index contributed by atoms with van der Waals surface area (Å²) in [4.78, 5) is 13.1. The Morgan fingerprint density at radius 1 is 1.40 bits per heavy atom. The monoisotopic (exact) mass is 292 g/mol. The minimum absolute atomic E-state index is 0.156. The third-order valence-electron chi connectivity index (χ3n) is 2.79. The average molecular weight is 292 g/mol. The lowest BCUT2D eigenvalue weighted by Gasteiger charge is -2.19. The van der Waals surface area contributed by atoms with Gasteiger partial charge in [-0.1, -0.05) is 0 Å². The van der Waals surface area contributed by atoms with Gasteiger partial charge in [-0.2, -0.15) is 13.2 Å². The number of hydrogen-bond acceptors (Lipinski definition) is 2. The van der Waals surface area contributed by atoms with Gasteiger partial charge in [0.05, 0.1) is 11.1 Å². The first-order valence-corrected chi connectivity index (χ1v) is 6.00. The molecule has 1 aromatic rings. The van der Waals surface area contributed by atoms with Crippen molar-refractivity contribution in [3.63, 3.8) is 0 Å². The van der Waals surface area contributed by atoms with Crippen molar-refractivity contribution in [2.45, 2.75) is 25.6 Å². The first-order chi connectivity index (χ1) is 9.12. The minimum Gasteiger partial charge on any atom is -0.342 e. The summed E-state index contributed by atoms with van der Waals surface area (Å²) in [5.41, 5.74) is 3.89. The van der Waals surface area contributed by atoms with Crippen molar-refractivity contribution >= 4 is 5.91 Å². The van der Waals surface area contributed by atoms with Gasteiger partial charge in [-0.25, -0.2) is 4.39 Å². The molecule has 20 heavy (non-hydrogen) atoms. The molecule has 0 fully saturated rings. The molecule has 0 aliphatic carbocycles. The molecule has 7 heteroatoms. The van der Waals surface area contributed by atoms with Crippen LogP contribution in [0.25, 0.3) is 0 Å².